The van der Waals surface area contributed by atoms with E-state index in [9.17, 15) is 13.2 Å². The highest BCUT2D eigenvalue weighted by Crippen LogP contribution is 2.33. The van der Waals surface area contributed by atoms with Crippen LogP contribution in [0.25, 0.3) is 0 Å². The first-order valence-corrected chi connectivity index (χ1v) is 5.99. The molecule has 7 heteroatoms. The average Bonchev–Trinajstić information content (AvgIpc) is 2.80. The molecule has 1 heterocycles. The highest BCUT2D eigenvalue weighted by molar-refractivity contribution is 7.10. The van der Waals surface area contributed by atoms with Gasteiger partial charge in [-0.2, -0.15) is 0 Å². The maximum Gasteiger partial charge on any atom is 0.573 e. The molecule has 2 aromatic rings. The van der Waals surface area contributed by atoms with E-state index in [0.717, 1.165) is 4.88 Å². The number of hydrogen-bond acceptors (Lipinski definition) is 3. The van der Waals surface area contributed by atoms with Gasteiger partial charge in [-0.15, -0.1) is 36.9 Å². The summed E-state index contributed by atoms with van der Waals surface area (Å²) >= 11 is 1.39. The van der Waals surface area contributed by atoms with Crippen molar-refractivity contribution in [2.75, 3.05) is 0 Å². The topological polar surface area (TPSA) is 35.2 Å². The van der Waals surface area contributed by atoms with Crippen molar-refractivity contribution in [3.63, 3.8) is 0 Å². The molecule has 104 valence electrons. The van der Waals surface area contributed by atoms with Crippen LogP contribution in [0.15, 0.2) is 41.8 Å². The summed E-state index contributed by atoms with van der Waals surface area (Å²) < 4.78 is 40.8. The van der Waals surface area contributed by atoms with Crippen LogP contribution in [0.2, 0.25) is 0 Å². The molecule has 1 aromatic heterocycles. The van der Waals surface area contributed by atoms with Gasteiger partial charge in [-0.1, -0.05) is 24.3 Å². The van der Waals surface area contributed by atoms with Gasteiger partial charge in [0.15, 0.2) is 0 Å². The van der Waals surface area contributed by atoms with Crippen molar-refractivity contribution in [2.45, 2.75) is 12.4 Å². The lowest BCUT2D eigenvalue weighted by Gasteiger charge is -2.16. The molecule has 0 saturated heterocycles. The Morgan fingerprint density at radius 2 is 1.79 bits per heavy atom. The zero-order chi connectivity index (χ0) is 13.2. The fraction of sp³-hybridized carbons (Fsp3) is 0.167. The number of thiophene rings is 1. The molecule has 0 spiro atoms. The van der Waals surface area contributed by atoms with Crippen molar-refractivity contribution in [2.24, 2.45) is 5.73 Å². The molecule has 1 aromatic carbocycles. The molecule has 19 heavy (non-hydrogen) atoms. The van der Waals surface area contributed by atoms with Gasteiger partial charge in [0.05, 0.1) is 6.04 Å². The van der Waals surface area contributed by atoms with Crippen LogP contribution < -0.4 is 10.5 Å². The molecule has 0 radical (unpaired) electrons. The minimum Gasteiger partial charge on any atom is -0.405 e. The van der Waals surface area contributed by atoms with Gasteiger partial charge in [0, 0.05) is 10.4 Å². The first-order chi connectivity index (χ1) is 8.47. The second kappa shape index (κ2) is 6.27. The molecule has 1 atom stereocenters. The highest BCUT2D eigenvalue weighted by atomic mass is 35.5. The summed E-state index contributed by atoms with van der Waals surface area (Å²) in [5.74, 6) is -0.258. The summed E-state index contributed by atoms with van der Waals surface area (Å²) in [5.41, 5.74) is 6.26. The fourth-order valence-corrected chi connectivity index (χ4v) is 2.32. The van der Waals surface area contributed by atoms with Crippen molar-refractivity contribution in [3.05, 3.63) is 52.2 Å². The third-order valence-corrected chi connectivity index (χ3v) is 3.28. The number of nitrogens with two attached hydrogens (primary N) is 1. The summed E-state index contributed by atoms with van der Waals surface area (Å²) in [6.45, 7) is 0. The Kier molecular flexibility index (Phi) is 5.22. The van der Waals surface area contributed by atoms with E-state index in [1.165, 1.54) is 29.5 Å². The Morgan fingerprint density at radius 1 is 1.11 bits per heavy atom. The summed E-state index contributed by atoms with van der Waals surface area (Å²) in [6, 6.07) is 8.86. The zero-order valence-corrected chi connectivity index (χ0v) is 11.2. The third kappa shape index (κ3) is 4.12. The van der Waals surface area contributed by atoms with Crippen LogP contribution in [0.1, 0.15) is 16.5 Å². The average molecular weight is 310 g/mol. The monoisotopic (exact) mass is 309 g/mol. The third-order valence-electron chi connectivity index (χ3n) is 2.33. The van der Waals surface area contributed by atoms with Crippen LogP contribution in [0.5, 0.6) is 5.75 Å². The number of rotatable bonds is 3. The molecule has 0 amide bonds. The molecule has 0 unspecified atom stereocenters. The Labute approximate surface area is 118 Å². The number of para-hydroxylation sites is 1. The van der Waals surface area contributed by atoms with Gasteiger partial charge in [0.25, 0.3) is 0 Å². The molecule has 0 fully saturated rings. The van der Waals surface area contributed by atoms with Crippen molar-refractivity contribution in [1.29, 1.82) is 0 Å². The number of hydrogen-bond donors (Lipinski definition) is 1. The summed E-state index contributed by atoms with van der Waals surface area (Å²) in [6.07, 6.45) is -4.72. The van der Waals surface area contributed by atoms with Crippen LogP contribution in [-0.2, 0) is 0 Å². The molecule has 2 rings (SSSR count). The van der Waals surface area contributed by atoms with Gasteiger partial charge in [-0.05, 0) is 17.5 Å². The Bertz CT molecular complexity index is 516. The normalized spacial score (nSPS) is 12.6. The molecular weight excluding hydrogens is 299 g/mol. The van der Waals surface area contributed by atoms with Gasteiger partial charge in [-0.3, -0.25) is 0 Å². The van der Waals surface area contributed by atoms with E-state index in [0.29, 0.717) is 5.56 Å². The SMILES string of the molecule is Cl.N[C@H](c1cccs1)c1ccccc1OC(F)(F)F. The first-order valence-electron chi connectivity index (χ1n) is 5.11. The number of alkyl halides is 3. The molecule has 0 aliphatic rings. The van der Waals surface area contributed by atoms with E-state index in [1.54, 1.807) is 18.2 Å². The molecule has 0 aliphatic heterocycles. The maximum atomic E-state index is 12.3. The standard InChI is InChI=1S/C12H10F3NOS.ClH/c13-12(14,15)17-9-5-2-1-4-8(9)11(16)10-6-3-7-18-10;/h1-7,11H,16H2;1H/t11-;/m0./s1. The zero-order valence-electron chi connectivity index (χ0n) is 9.55. The van der Waals surface area contributed by atoms with Crippen LogP contribution >= 0.6 is 23.7 Å². The van der Waals surface area contributed by atoms with Crippen LogP contribution in [-0.4, -0.2) is 6.36 Å². The minimum absolute atomic E-state index is 0. The van der Waals surface area contributed by atoms with Gasteiger partial charge in [-0.25, -0.2) is 0 Å². The maximum absolute atomic E-state index is 12.3. The smallest absolute Gasteiger partial charge is 0.405 e. The lowest BCUT2D eigenvalue weighted by Crippen LogP contribution is -2.20. The Hall–Kier alpha value is -1.24. The predicted molar refractivity (Wildman–Crippen MR) is 70.7 cm³/mol. The van der Waals surface area contributed by atoms with E-state index < -0.39 is 12.4 Å². The molecule has 0 aliphatic carbocycles. The van der Waals surface area contributed by atoms with E-state index in [1.807, 2.05) is 5.38 Å². The van der Waals surface area contributed by atoms with E-state index in [-0.39, 0.29) is 18.2 Å². The second-order valence-corrected chi connectivity index (χ2v) is 4.56. The van der Waals surface area contributed by atoms with Crippen molar-refractivity contribution < 1.29 is 17.9 Å². The molecule has 0 saturated carbocycles. The second-order valence-electron chi connectivity index (χ2n) is 3.58. The van der Waals surface area contributed by atoms with Crippen LogP contribution in [0.4, 0.5) is 13.2 Å². The minimum atomic E-state index is -4.72. The fourth-order valence-electron chi connectivity index (χ4n) is 1.58. The van der Waals surface area contributed by atoms with Crippen molar-refractivity contribution >= 4 is 23.7 Å². The summed E-state index contributed by atoms with van der Waals surface area (Å²) in [5, 5.41) is 1.82. The summed E-state index contributed by atoms with van der Waals surface area (Å²) in [7, 11) is 0. The quantitative estimate of drug-likeness (QED) is 0.925. The largest absolute Gasteiger partial charge is 0.573 e. The van der Waals surface area contributed by atoms with Gasteiger partial charge in [0.2, 0.25) is 0 Å². The van der Waals surface area contributed by atoms with E-state index in [4.69, 9.17) is 5.73 Å². The van der Waals surface area contributed by atoms with E-state index in [2.05, 4.69) is 4.74 Å². The highest BCUT2D eigenvalue weighted by Gasteiger charge is 2.32. The Morgan fingerprint density at radius 3 is 2.37 bits per heavy atom. The van der Waals surface area contributed by atoms with Crippen molar-refractivity contribution in [3.8, 4) is 5.75 Å². The van der Waals surface area contributed by atoms with Crippen LogP contribution in [0.3, 0.4) is 0 Å². The first kappa shape index (κ1) is 15.8. The van der Waals surface area contributed by atoms with Crippen LogP contribution in [0, 0.1) is 0 Å². The summed E-state index contributed by atoms with van der Waals surface area (Å²) in [4.78, 5) is 0.785. The molecule has 2 nitrogen and oxygen atoms in total. The molecule has 2 N–H and O–H groups in total. The Balaban J connectivity index is 0.00000180. The van der Waals surface area contributed by atoms with Gasteiger partial charge >= 0.3 is 6.36 Å². The van der Waals surface area contributed by atoms with E-state index >= 15 is 0 Å². The number of benzene rings is 1. The molecular formula is C12H11ClF3NOS. The predicted octanol–water partition coefficient (Wildman–Crippen LogP) is 4.12. The van der Waals surface area contributed by atoms with Crippen molar-refractivity contribution in [1.82, 2.24) is 0 Å². The molecule has 0 bridgehead atoms. The van der Waals surface area contributed by atoms with Gasteiger partial charge < -0.3 is 10.5 Å². The number of halogens is 4. The number of ether oxygens (including phenoxy) is 1. The lowest BCUT2D eigenvalue weighted by atomic mass is 10.1. The lowest BCUT2D eigenvalue weighted by molar-refractivity contribution is -0.274. The van der Waals surface area contributed by atoms with Gasteiger partial charge in [0.1, 0.15) is 5.75 Å².